The van der Waals surface area contributed by atoms with Crippen molar-refractivity contribution in [3.63, 3.8) is 0 Å². The van der Waals surface area contributed by atoms with E-state index in [1.54, 1.807) is 7.11 Å². The lowest BCUT2D eigenvalue weighted by Crippen LogP contribution is -2.13. The van der Waals surface area contributed by atoms with Crippen LogP contribution in [-0.2, 0) is 11.8 Å². The Morgan fingerprint density at radius 2 is 1.94 bits per heavy atom. The summed E-state index contributed by atoms with van der Waals surface area (Å²) >= 11 is 0. The number of allylic oxidation sites excluding steroid dienone is 2. The maximum Gasteiger partial charge on any atom is 0.122 e. The first kappa shape index (κ1) is 13.8. The molecule has 0 aliphatic heterocycles. The summed E-state index contributed by atoms with van der Waals surface area (Å²) in [7, 11) is 1.74. The number of hydrogen-bond acceptors (Lipinski definition) is 1. The van der Waals surface area contributed by atoms with Crippen molar-refractivity contribution in [3.8, 4) is 5.75 Å². The van der Waals surface area contributed by atoms with E-state index < -0.39 is 0 Å². The van der Waals surface area contributed by atoms with Gasteiger partial charge in [-0.15, -0.1) is 0 Å². The number of benzene rings is 1. The number of rotatable bonds is 4. The Bertz CT molecular complexity index is 383. The van der Waals surface area contributed by atoms with E-state index >= 15 is 0 Å². The van der Waals surface area contributed by atoms with Crippen LogP contribution in [0.4, 0.5) is 0 Å². The highest BCUT2D eigenvalue weighted by Gasteiger charge is 2.18. The third-order valence-corrected chi connectivity index (χ3v) is 2.91. The predicted molar refractivity (Wildman–Crippen MR) is 74.8 cm³/mol. The van der Waals surface area contributed by atoms with Crippen LogP contribution in [0.5, 0.6) is 5.75 Å². The van der Waals surface area contributed by atoms with Gasteiger partial charge in [0.25, 0.3) is 0 Å². The zero-order valence-corrected chi connectivity index (χ0v) is 11.7. The average Bonchev–Trinajstić information content (AvgIpc) is 2.28. The lowest BCUT2D eigenvalue weighted by Gasteiger charge is -2.22. The van der Waals surface area contributed by atoms with E-state index in [0.717, 1.165) is 18.6 Å². The van der Waals surface area contributed by atoms with Crippen molar-refractivity contribution in [2.45, 2.75) is 46.0 Å². The summed E-state index contributed by atoms with van der Waals surface area (Å²) < 4.78 is 5.44. The third kappa shape index (κ3) is 3.92. The van der Waals surface area contributed by atoms with E-state index in [2.05, 4.69) is 58.0 Å². The highest BCUT2D eigenvalue weighted by molar-refractivity contribution is 5.41. The minimum atomic E-state index is 0.127. The molecule has 1 heteroatoms. The second-order valence-corrected chi connectivity index (χ2v) is 5.39. The minimum absolute atomic E-state index is 0.127. The average molecular weight is 232 g/mol. The molecule has 0 N–H and O–H groups in total. The van der Waals surface area contributed by atoms with Gasteiger partial charge in [0.1, 0.15) is 5.75 Å². The molecule has 0 radical (unpaired) electrons. The van der Waals surface area contributed by atoms with Gasteiger partial charge in [-0.3, -0.25) is 0 Å². The molecule has 0 saturated carbocycles. The van der Waals surface area contributed by atoms with E-state index in [-0.39, 0.29) is 5.41 Å². The SMILES string of the molecule is C/C=C\CCc1ccc(OC)c(C(C)(C)C)c1. The topological polar surface area (TPSA) is 9.23 Å². The maximum atomic E-state index is 5.44. The van der Waals surface area contributed by atoms with Crippen molar-refractivity contribution in [3.05, 3.63) is 41.5 Å². The molecule has 0 heterocycles. The standard InChI is InChI=1S/C16H24O/c1-6-7-8-9-13-10-11-15(17-5)14(12-13)16(2,3)4/h6-7,10-12H,8-9H2,1-5H3/b7-6-. The Hall–Kier alpha value is -1.24. The molecule has 1 aromatic carbocycles. The number of ether oxygens (including phenoxy) is 1. The smallest absolute Gasteiger partial charge is 0.122 e. The molecule has 0 unspecified atom stereocenters. The van der Waals surface area contributed by atoms with Crippen LogP contribution in [0.2, 0.25) is 0 Å². The van der Waals surface area contributed by atoms with Gasteiger partial charge in [-0.05, 0) is 42.4 Å². The van der Waals surface area contributed by atoms with Gasteiger partial charge in [0.05, 0.1) is 7.11 Å². The molecule has 94 valence electrons. The largest absolute Gasteiger partial charge is 0.496 e. The van der Waals surface area contributed by atoms with Crippen LogP contribution in [0.3, 0.4) is 0 Å². The second-order valence-electron chi connectivity index (χ2n) is 5.39. The molecule has 0 aliphatic carbocycles. The van der Waals surface area contributed by atoms with Crippen molar-refractivity contribution in [1.29, 1.82) is 0 Å². The Balaban J connectivity index is 2.97. The van der Waals surface area contributed by atoms with Crippen LogP contribution in [-0.4, -0.2) is 7.11 Å². The van der Waals surface area contributed by atoms with E-state index in [9.17, 15) is 0 Å². The maximum absolute atomic E-state index is 5.44. The van der Waals surface area contributed by atoms with E-state index in [1.165, 1.54) is 11.1 Å². The third-order valence-electron chi connectivity index (χ3n) is 2.91. The van der Waals surface area contributed by atoms with Gasteiger partial charge in [0, 0.05) is 0 Å². The van der Waals surface area contributed by atoms with Gasteiger partial charge >= 0.3 is 0 Å². The molecule has 0 amide bonds. The van der Waals surface area contributed by atoms with Gasteiger partial charge in [-0.25, -0.2) is 0 Å². The minimum Gasteiger partial charge on any atom is -0.496 e. The van der Waals surface area contributed by atoms with Crippen molar-refractivity contribution in [1.82, 2.24) is 0 Å². The van der Waals surface area contributed by atoms with Crippen LogP contribution < -0.4 is 4.74 Å². The van der Waals surface area contributed by atoms with Crippen molar-refractivity contribution < 1.29 is 4.74 Å². The van der Waals surface area contributed by atoms with Gasteiger partial charge in [0.15, 0.2) is 0 Å². The van der Waals surface area contributed by atoms with E-state index in [1.807, 2.05) is 0 Å². The Labute approximate surface area is 106 Å². The van der Waals surface area contributed by atoms with Crippen LogP contribution in [0.1, 0.15) is 45.2 Å². The molecule has 0 aliphatic rings. The molecule has 0 aromatic heterocycles. The summed E-state index contributed by atoms with van der Waals surface area (Å²) in [6.45, 7) is 8.73. The fourth-order valence-electron chi connectivity index (χ4n) is 1.91. The zero-order chi connectivity index (χ0) is 12.9. The summed E-state index contributed by atoms with van der Waals surface area (Å²) in [4.78, 5) is 0. The zero-order valence-electron chi connectivity index (χ0n) is 11.7. The summed E-state index contributed by atoms with van der Waals surface area (Å²) in [5.41, 5.74) is 2.80. The van der Waals surface area contributed by atoms with Gasteiger partial charge in [-0.1, -0.05) is 45.1 Å². The molecule has 0 saturated heterocycles. The molecule has 0 spiro atoms. The second kappa shape index (κ2) is 5.90. The van der Waals surface area contributed by atoms with Crippen LogP contribution in [0.25, 0.3) is 0 Å². The Morgan fingerprint density at radius 3 is 2.47 bits per heavy atom. The summed E-state index contributed by atoms with van der Waals surface area (Å²) in [6, 6.07) is 6.53. The molecule has 0 bridgehead atoms. The highest BCUT2D eigenvalue weighted by atomic mass is 16.5. The summed E-state index contributed by atoms with van der Waals surface area (Å²) in [5.74, 6) is 0.993. The molecule has 0 atom stereocenters. The van der Waals surface area contributed by atoms with E-state index in [4.69, 9.17) is 4.74 Å². The van der Waals surface area contributed by atoms with Crippen LogP contribution in [0.15, 0.2) is 30.4 Å². The molecular weight excluding hydrogens is 208 g/mol. The first-order chi connectivity index (χ1) is 7.99. The van der Waals surface area contributed by atoms with Gasteiger partial charge in [0.2, 0.25) is 0 Å². The molecule has 1 aromatic rings. The summed E-state index contributed by atoms with van der Waals surface area (Å²) in [5, 5.41) is 0. The molecule has 17 heavy (non-hydrogen) atoms. The molecule has 1 rings (SSSR count). The fourth-order valence-corrected chi connectivity index (χ4v) is 1.91. The molecule has 1 nitrogen and oxygen atoms in total. The predicted octanol–water partition coefficient (Wildman–Crippen LogP) is 4.50. The van der Waals surface area contributed by atoms with Crippen molar-refractivity contribution in [2.24, 2.45) is 0 Å². The fraction of sp³-hybridized carbons (Fsp3) is 0.500. The Morgan fingerprint density at radius 1 is 1.24 bits per heavy atom. The van der Waals surface area contributed by atoms with Crippen LogP contribution in [0, 0.1) is 0 Å². The molecule has 0 fully saturated rings. The monoisotopic (exact) mass is 232 g/mol. The first-order valence-corrected chi connectivity index (χ1v) is 6.27. The summed E-state index contributed by atoms with van der Waals surface area (Å²) in [6.07, 6.45) is 6.51. The number of methoxy groups -OCH3 is 1. The van der Waals surface area contributed by atoms with Crippen LogP contribution >= 0.6 is 0 Å². The van der Waals surface area contributed by atoms with Gasteiger partial charge < -0.3 is 4.74 Å². The Kier molecular flexibility index (Phi) is 4.80. The quantitative estimate of drug-likeness (QED) is 0.694. The van der Waals surface area contributed by atoms with Crippen molar-refractivity contribution >= 4 is 0 Å². The lowest BCUT2D eigenvalue weighted by atomic mass is 9.85. The number of aryl methyl sites for hydroxylation is 1. The van der Waals surface area contributed by atoms with Crippen molar-refractivity contribution in [2.75, 3.05) is 7.11 Å². The normalized spacial score (nSPS) is 12.1. The van der Waals surface area contributed by atoms with E-state index in [0.29, 0.717) is 0 Å². The lowest BCUT2D eigenvalue weighted by molar-refractivity contribution is 0.397. The highest BCUT2D eigenvalue weighted by Crippen LogP contribution is 2.32. The molecular formula is C16H24O. The number of hydrogen-bond donors (Lipinski definition) is 0. The first-order valence-electron chi connectivity index (χ1n) is 6.27. The van der Waals surface area contributed by atoms with Gasteiger partial charge in [-0.2, -0.15) is 0 Å².